The smallest absolute Gasteiger partial charge is 0.243 e. The number of hydrogen-bond donors (Lipinski definition) is 1. The number of nitrogens with two attached hydrogens (primary N) is 1. The van der Waals surface area contributed by atoms with E-state index in [1.54, 1.807) is 0 Å². The van der Waals surface area contributed by atoms with Crippen LogP contribution in [0.2, 0.25) is 0 Å². The molecule has 106 valence electrons. The fraction of sp³-hybridized carbons (Fsp3) is 0.867. The second-order valence-corrected chi connectivity index (χ2v) is 6.36. The molecule has 0 radical (unpaired) electrons. The van der Waals surface area contributed by atoms with Crippen LogP contribution in [0.25, 0.3) is 0 Å². The van der Waals surface area contributed by atoms with Crippen LogP contribution in [-0.4, -0.2) is 10.1 Å². The molecule has 4 heteroatoms. The minimum Gasteiger partial charge on any atom is -0.338 e. The summed E-state index contributed by atoms with van der Waals surface area (Å²) in [5.41, 5.74) is 6.11. The van der Waals surface area contributed by atoms with Crippen LogP contribution >= 0.6 is 0 Å². The number of hydrogen-bond acceptors (Lipinski definition) is 4. The zero-order chi connectivity index (χ0) is 13.2. The Morgan fingerprint density at radius 1 is 1.21 bits per heavy atom. The van der Waals surface area contributed by atoms with E-state index in [-0.39, 0.29) is 6.04 Å². The molecule has 3 rings (SSSR count). The lowest BCUT2D eigenvalue weighted by molar-refractivity contribution is 0.292. The molecule has 2 fully saturated rings. The van der Waals surface area contributed by atoms with Crippen molar-refractivity contribution in [1.82, 2.24) is 10.1 Å². The van der Waals surface area contributed by atoms with Crippen LogP contribution in [0.3, 0.4) is 0 Å². The van der Waals surface area contributed by atoms with Gasteiger partial charge in [0.05, 0.1) is 6.04 Å². The molecule has 0 spiro atoms. The first-order chi connectivity index (χ1) is 9.28. The highest BCUT2D eigenvalue weighted by Crippen LogP contribution is 2.40. The van der Waals surface area contributed by atoms with E-state index in [1.807, 2.05) is 0 Å². The van der Waals surface area contributed by atoms with Crippen molar-refractivity contribution in [3.8, 4) is 0 Å². The lowest BCUT2D eigenvalue weighted by Crippen LogP contribution is -2.15. The molecule has 0 amide bonds. The summed E-state index contributed by atoms with van der Waals surface area (Å²) in [6, 6.07) is -0.0299. The van der Waals surface area contributed by atoms with E-state index in [0.29, 0.717) is 17.7 Å². The van der Waals surface area contributed by atoms with Crippen molar-refractivity contribution >= 4 is 0 Å². The van der Waals surface area contributed by atoms with Gasteiger partial charge in [0.1, 0.15) is 0 Å². The summed E-state index contributed by atoms with van der Waals surface area (Å²) in [7, 11) is 0. The Morgan fingerprint density at radius 2 is 1.95 bits per heavy atom. The van der Waals surface area contributed by atoms with Crippen LogP contribution in [-0.2, 0) is 0 Å². The molecular weight excluding hydrogens is 238 g/mol. The van der Waals surface area contributed by atoms with Gasteiger partial charge in [0.25, 0.3) is 0 Å². The van der Waals surface area contributed by atoms with Crippen molar-refractivity contribution < 1.29 is 4.52 Å². The maximum atomic E-state index is 6.11. The van der Waals surface area contributed by atoms with Crippen LogP contribution in [0.1, 0.15) is 82.0 Å². The molecule has 1 heterocycles. The van der Waals surface area contributed by atoms with Crippen molar-refractivity contribution in [2.45, 2.75) is 70.3 Å². The first-order valence-corrected chi connectivity index (χ1v) is 7.87. The van der Waals surface area contributed by atoms with Crippen molar-refractivity contribution in [2.75, 3.05) is 0 Å². The third-order valence-corrected chi connectivity index (χ3v) is 4.78. The summed E-state index contributed by atoms with van der Waals surface area (Å²) < 4.78 is 5.37. The molecule has 2 N–H and O–H groups in total. The normalized spacial score (nSPS) is 29.4. The molecule has 0 aliphatic heterocycles. The third-order valence-electron chi connectivity index (χ3n) is 4.78. The lowest BCUT2D eigenvalue weighted by Gasteiger charge is -2.26. The molecule has 1 aromatic heterocycles. The Morgan fingerprint density at radius 3 is 2.58 bits per heavy atom. The SMILES string of the molecule is CCCC1CCC(c2noc(C(N)C3CC3)n2)CC1. The average Bonchev–Trinajstić information content (AvgIpc) is 3.17. The fourth-order valence-corrected chi connectivity index (χ4v) is 3.32. The van der Waals surface area contributed by atoms with E-state index in [1.165, 1.54) is 51.4 Å². The predicted molar refractivity (Wildman–Crippen MR) is 73.6 cm³/mol. The molecular formula is C15H25N3O. The maximum Gasteiger partial charge on any atom is 0.243 e. The van der Waals surface area contributed by atoms with Gasteiger partial charge in [0.15, 0.2) is 5.82 Å². The number of aromatic nitrogens is 2. The fourth-order valence-electron chi connectivity index (χ4n) is 3.32. The van der Waals surface area contributed by atoms with Crippen LogP contribution in [0, 0.1) is 11.8 Å². The van der Waals surface area contributed by atoms with Crippen LogP contribution in [0.5, 0.6) is 0 Å². The molecule has 0 bridgehead atoms. The largest absolute Gasteiger partial charge is 0.338 e. The summed E-state index contributed by atoms with van der Waals surface area (Å²) in [5.74, 6) is 3.56. The Kier molecular flexibility index (Phi) is 3.87. The molecule has 2 saturated carbocycles. The third kappa shape index (κ3) is 2.99. The van der Waals surface area contributed by atoms with Crippen molar-refractivity contribution in [1.29, 1.82) is 0 Å². The Labute approximate surface area is 115 Å². The van der Waals surface area contributed by atoms with Gasteiger partial charge >= 0.3 is 0 Å². The predicted octanol–water partition coefficient (Wildman–Crippen LogP) is 3.55. The quantitative estimate of drug-likeness (QED) is 0.882. The molecule has 2 aliphatic carbocycles. The molecule has 2 aliphatic rings. The monoisotopic (exact) mass is 263 g/mol. The van der Waals surface area contributed by atoms with Gasteiger partial charge < -0.3 is 10.3 Å². The first-order valence-electron chi connectivity index (χ1n) is 7.87. The summed E-state index contributed by atoms with van der Waals surface area (Å²) in [6.07, 6.45) is 10.1. The average molecular weight is 263 g/mol. The first kappa shape index (κ1) is 13.1. The van der Waals surface area contributed by atoms with Crippen molar-refractivity contribution in [3.63, 3.8) is 0 Å². The lowest BCUT2D eigenvalue weighted by atomic mass is 9.80. The zero-order valence-corrected chi connectivity index (χ0v) is 11.8. The summed E-state index contributed by atoms with van der Waals surface area (Å²) in [4.78, 5) is 4.56. The molecule has 1 atom stereocenters. The molecule has 1 aromatic rings. The second kappa shape index (κ2) is 5.61. The van der Waals surface area contributed by atoms with Crippen molar-refractivity contribution in [3.05, 3.63) is 11.7 Å². The van der Waals surface area contributed by atoms with Gasteiger partial charge in [-0.2, -0.15) is 4.98 Å². The summed E-state index contributed by atoms with van der Waals surface area (Å²) in [5, 5.41) is 4.18. The molecule has 0 saturated heterocycles. The van der Waals surface area contributed by atoms with Gasteiger partial charge in [-0.25, -0.2) is 0 Å². The van der Waals surface area contributed by atoms with E-state index in [2.05, 4.69) is 17.1 Å². The molecule has 1 unspecified atom stereocenters. The van der Waals surface area contributed by atoms with Gasteiger partial charge in [-0.1, -0.05) is 24.9 Å². The van der Waals surface area contributed by atoms with Crippen LogP contribution in [0.4, 0.5) is 0 Å². The van der Waals surface area contributed by atoms with Crippen LogP contribution < -0.4 is 5.73 Å². The highest BCUT2D eigenvalue weighted by atomic mass is 16.5. The summed E-state index contributed by atoms with van der Waals surface area (Å²) >= 11 is 0. The topological polar surface area (TPSA) is 64.9 Å². The van der Waals surface area contributed by atoms with E-state index in [9.17, 15) is 0 Å². The van der Waals surface area contributed by atoms with Gasteiger partial charge in [0, 0.05) is 5.92 Å². The van der Waals surface area contributed by atoms with Gasteiger partial charge in [-0.3, -0.25) is 0 Å². The minimum atomic E-state index is -0.0299. The highest BCUT2D eigenvalue weighted by molar-refractivity contribution is 5.02. The Bertz CT molecular complexity index is 405. The van der Waals surface area contributed by atoms with E-state index in [4.69, 9.17) is 10.3 Å². The Balaban J connectivity index is 1.57. The second-order valence-electron chi connectivity index (χ2n) is 6.36. The van der Waals surface area contributed by atoms with E-state index in [0.717, 1.165) is 11.7 Å². The van der Waals surface area contributed by atoms with E-state index >= 15 is 0 Å². The molecule has 19 heavy (non-hydrogen) atoms. The molecule has 4 nitrogen and oxygen atoms in total. The zero-order valence-electron chi connectivity index (χ0n) is 11.8. The Hall–Kier alpha value is -0.900. The van der Waals surface area contributed by atoms with Crippen LogP contribution in [0.15, 0.2) is 4.52 Å². The summed E-state index contributed by atoms with van der Waals surface area (Å²) in [6.45, 7) is 2.27. The van der Waals surface area contributed by atoms with Gasteiger partial charge in [-0.05, 0) is 50.4 Å². The van der Waals surface area contributed by atoms with Crippen molar-refractivity contribution in [2.24, 2.45) is 17.6 Å². The number of rotatable bonds is 5. The van der Waals surface area contributed by atoms with E-state index < -0.39 is 0 Å². The van der Waals surface area contributed by atoms with Gasteiger partial charge in [-0.15, -0.1) is 0 Å². The highest BCUT2D eigenvalue weighted by Gasteiger charge is 2.34. The molecule has 0 aromatic carbocycles. The standard InChI is InChI=1S/C15H25N3O/c1-2-3-10-4-6-12(7-5-10)14-17-15(19-18-14)13(16)11-8-9-11/h10-13H,2-9,16H2,1H3. The number of nitrogens with zero attached hydrogens (tertiary/aromatic N) is 2. The van der Waals surface area contributed by atoms with Gasteiger partial charge in [0.2, 0.25) is 5.89 Å². The maximum absolute atomic E-state index is 6.11. The minimum absolute atomic E-state index is 0.0299.